The van der Waals surface area contributed by atoms with E-state index in [1.165, 1.54) is 167 Å². The Morgan fingerprint density at radius 1 is 0.545 bits per heavy atom. The number of quaternary nitrogens is 1. The lowest BCUT2D eigenvalue weighted by molar-refractivity contribution is -0.870. The van der Waals surface area contributed by atoms with Crippen LogP contribution >= 0.6 is 7.82 Å². The van der Waals surface area contributed by atoms with Gasteiger partial charge in [-0.1, -0.05) is 249 Å². The molecule has 3 unspecified atom stereocenters. The Bertz CT molecular complexity index is 1210. The topological polar surface area (TPSA) is 108 Å². The minimum absolute atomic E-state index is 0.00276. The van der Waals surface area contributed by atoms with Gasteiger partial charge in [0, 0.05) is 6.42 Å². The lowest BCUT2D eigenvalue weighted by Gasteiger charge is -2.30. The zero-order valence-corrected chi connectivity index (χ0v) is 45.0. The van der Waals surface area contributed by atoms with Gasteiger partial charge in [0.25, 0.3) is 7.82 Å². The van der Waals surface area contributed by atoms with Gasteiger partial charge in [-0.2, -0.15) is 0 Å². The summed E-state index contributed by atoms with van der Waals surface area (Å²) in [6, 6.07) is -0.824. The van der Waals surface area contributed by atoms with Crippen molar-refractivity contribution in [2.45, 2.75) is 270 Å². The fourth-order valence-corrected chi connectivity index (χ4v) is 8.93. The zero-order chi connectivity index (χ0) is 48.5. The van der Waals surface area contributed by atoms with Gasteiger partial charge in [-0.25, -0.2) is 0 Å². The Hall–Kier alpha value is -1.54. The van der Waals surface area contributed by atoms with E-state index in [9.17, 15) is 19.4 Å². The highest BCUT2D eigenvalue weighted by atomic mass is 31.2. The average Bonchev–Trinajstić information content (AvgIpc) is 3.28. The van der Waals surface area contributed by atoms with Crippen molar-refractivity contribution in [3.63, 3.8) is 0 Å². The van der Waals surface area contributed by atoms with Crippen LogP contribution in [0.25, 0.3) is 0 Å². The highest BCUT2D eigenvalue weighted by molar-refractivity contribution is 7.45. The van der Waals surface area contributed by atoms with Crippen LogP contribution in [0.2, 0.25) is 0 Å². The van der Waals surface area contributed by atoms with E-state index >= 15 is 0 Å². The van der Waals surface area contributed by atoms with Crippen LogP contribution in [0.15, 0.2) is 48.6 Å². The highest BCUT2D eigenvalue weighted by Crippen LogP contribution is 2.38. The van der Waals surface area contributed by atoms with Crippen LogP contribution in [0.5, 0.6) is 0 Å². The monoisotopic (exact) mass is 949 g/mol. The van der Waals surface area contributed by atoms with Gasteiger partial charge in [-0.05, 0) is 51.4 Å². The maximum atomic E-state index is 12.9. The molecule has 0 spiro atoms. The van der Waals surface area contributed by atoms with E-state index in [0.29, 0.717) is 30.3 Å². The summed E-state index contributed by atoms with van der Waals surface area (Å²) < 4.78 is 23.4. The molecule has 9 heteroatoms. The summed E-state index contributed by atoms with van der Waals surface area (Å²) in [6.45, 7) is 4.59. The number of phosphoric acid groups is 1. The van der Waals surface area contributed by atoms with Crippen molar-refractivity contribution in [3.8, 4) is 0 Å². The van der Waals surface area contributed by atoms with Gasteiger partial charge < -0.3 is 28.8 Å². The van der Waals surface area contributed by atoms with E-state index in [2.05, 4.69) is 67.8 Å². The molecule has 0 aromatic rings. The number of rotatable bonds is 51. The molecule has 8 nitrogen and oxygen atoms in total. The SMILES string of the molecule is CC/C=C\C/C=C\C/C=C\C/C=C\CCCCC(=O)NC(COP(=O)([O-])OCC[N+](C)(C)C)C(O)CCCCCCCCCCCCCCCCCCCCCCCCCCCCCCC. The molecule has 0 aliphatic carbocycles. The molecule has 0 fully saturated rings. The predicted octanol–water partition coefficient (Wildman–Crippen LogP) is 16.1. The van der Waals surface area contributed by atoms with Crippen molar-refractivity contribution in [1.29, 1.82) is 0 Å². The first-order valence-electron chi connectivity index (χ1n) is 28.0. The maximum Gasteiger partial charge on any atom is 0.268 e. The molecule has 388 valence electrons. The molecule has 3 atom stereocenters. The highest BCUT2D eigenvalue weighted by Gasteiger charge is 2.24. The number of likely N-dealkylation sites (N-methyl/N-ethyl adjacent to an activating group) is 1. The smallest absolute Gasteiger partial charge is 0.268 e. The number of aliphatic hydroxyl groups is 1. The van der Waals surface area contributed by atoms with Crippen LogP contribution in [0.3, 0.4) is 0 Å². The number of allylic oxidation sites excluding steroid dienone is 8. The number of aliphatic hydroxyl groups excluding tert-OH is 1. The van der Waals surface area contributed by atoms with Crippen LogP contribution in [0, 0.1) is 0 Å². The third-order valence-electron chi connectivity index (χ3n) is 12.6. The Labute approximate surface area is 409 Å². The van der Waals surface area contributed by atoms with Gasteiger partial charge in [-0.3, -0.25) is 9.36 Å². The molecule has 0 rings (SSSR count). The van der Waals surface area contributed by atoms with E-state index < -0.39 is 20.0 Å². The molecule has 66 heavy (non-hydrogen) atoms. The van der Waals surface area contributed by atoms with Gasteiger partial charge in [0.05, 0.1) is 39.9 Å². The van der Waals surface area contributed by atoms with Gasteiger partial charge in [0.15, 0.2) is 0 Å². The summed E-state index contributed by atoms with van der Waals surface area (Å²) in [7, 11) is 1.28. The van der Waals surface area contributed by atoms with E-state index in [1.807, 2.05) is 21.1 Å². The van der Waals surface area contributed by atoms with Gasteiger partial charge >= 0.3 is 0 Å². The Morgan fingerprint density at radius 2 is 0.924 bits per heavy atom. The van der Waals surface area contributed by atoms with Crippen molar-refractivity contribution in [3.05, 3.63) is 48.6 Å². The fourth-order valence-electron chi connectivity index (χ4n) is 8.21. The van der Waals surface area contributed by atoms with Crippen LogP contribution in [0.4, 0.5) is 0 Å². The summed E-state index contributed by atoms with van der Waals surface area (Å²) in [5, 5.41) is 14.0. The van der Waals surface area contributed by atoms with E-state index in [-0.39, 0.29) is 19.1 Å². The molecule has 0 heterocycles. The number of phosphoric ester groups is 1. The molecule has 0 aromatic carbocycles. The van der Waals surface area contributed by atoms with Crippen LogP contribution < -0.4 is 10.2 Å². The van der Waals surface area contributed by atoms with E-state index in [1.54, 1.807) is 0 Å². The Balaban J connectivity index is 4.12. The van der Waals surface area contributed by atoms with Gasteiger partial charge in [-0.15, -0.1) is 0 Å². The first-order valence-corrected chi connectivity index (χ1v) is 29.4. The number of carbonyl (C=O) groups excluding carboxylic acids is 1. The normalized spacial score (nSPS) is 14.3. The first-order chi connectivity index (χ1) is 32.0. The predicted molar refractivity (Wildman–Crippen MR) is 284 cm³/mol. The zero-order valence-electron chi connectivity index (χ0n) is 44.1. The van der Waals surface area contributed by atoms with E-state index in [4.69, 9.17) is 9.05 Å². The molecule has 0 radical (unpaired) electrons. The molecule has 0 aliphatic heterocycles. The number of hydrogen-bond acceptors (Lipinski definition) is 6. The lowest BCUT2D eigenvalue weighted by Crippen LogP contribution is -2.46. The summed E-state index contributed by atoms with van der Waals surface area (Å²) in [6.07, 6.45) is 63.1. The molecule has 0 saturated carbocycles. The van der Waals surface area contributed by atoms with Crippen LogP contribution in [0.1, 0.15) is 258 Å². The van der Waals surface area contributed by atoms with Crippen molar-refractivity contribution in [2.75, 3.05) is 40.9 Å². The largest absolute Gasteiger partial charge is 0.756 e. The standard InChI is InChI=1S/C57H109N2O6P/c1-6-8-10-12-14-16-18-20-22-23-24-25-26-27-28-29-30-31-32-33-34-35-37-38-40-42-44-46-48-50-56(60)55(54-65-66(62,63)64-53-52-59(3,4)5)58-57(61)51-49-47-45-43-41-39-36-21-19-17-15-13-11-9-7-2/h9,11,15,17,21,36,41,43,55-56,60H,6-8,10,12-14,16,18-20,22-35,37-40,42,44-54H2,1-5H3,(H-,58,61,62,63)/b11-9-,17-15-,36-21-,43-41-. The number of nitrogens with zero attached hydrogens (tertiary/aromatic N) is 1. The first kappa shape index (κ1) is 64.5. The lowest BCUT2D eigenvalue weighted by atomic mass is 10.0. The number of amides is 1. The Kier molecular flexibility index (Phi) is 47.4. The van der Waals surface area contributed by atoms with Crippen molar-refractivity contribution >= 4 is 13.7 Å². The molecular formula is C57H109N2O6P. The maximum absolute atomic E-state index is 12.9. The Morgan fingerprint density at radius 3 is 1.32 bits per heavy atom. The van der Waals surface area contributed by atoms with Gasteiger partial charge in [0.1, 0.15) is 13.2 Å². The number of hydrogen-bond donors (Lipinski definition) is 2. The number of carbonyl (C=O) groups is 1. The molecule has 1 amide bonds. The molecule has 0 aromatic heterocycles. The second kappa shape index (κ2) is 48.5. The molecular weight excluding hydrogens is 840 g/mol. The fraction of sp³-hybridized carbons (Fsp3) is 0.842. The third kappa shape index (κ3) is 50.3. The molecule has 0 aliphatic rings. The number of unbranched alkanes of at least 4 members (excludes halogenated alkanes) is 30. The number of nitrogens with one attached hydrogen (secondary N) is 1. The van der Waals surface area contributed by atoms with Crippen molar-refractivity contribution in [2.24, 2.45) is 0 Å². The average molecular weight is 949 g/mol. The van der Waals surface area contributed by atoms with Crippen molar-refractivity contribution in [1.82, 2.24) is 5.32 Å². The molecule has 2 N–H and O–H groups in total. The minimum Gasteiger partial charge on any atom is -0.756 e. The van der Waals surface area contributed by atoms with Crippen LogP contribution in [-0.4, -0.2) is 68.5 Å². The summed E-state index contributed by atoms with van der Waals surface area (Å²) in [4.78, 5) is 25.4. The second-order valence-electron chi connectivity index (χ2n) is 20.3. The van der Waals surface area contributed by atoms with Gasteiger partial charge in [0.2, 0.25) is 5.91 Å². The summed E-state index contributed by atoms with van der Waals surface area (Å²) >= 11 is 0. The minimum atomic E-state index is -4.58. The summed E-state index contributed by atoms with van der Waals surface area (Å²) in [5.41, 5.74) is 0. The third-order valence-corrected chi connectivity index (χ3v) is 13.5. The van der Waals surface area contributed by atoms with E-state index in [0.717, 1.165) is 57.8 Å². The quantitative estimate of drug-likeness (QED) is 0.0272. The summed E-state index contributed by atoms with van der Waals surface area (Å²) in [5.74, 6) is -0.204. The second-order valence-corrected chi connectivity index (χ2v) is 21.7. The molecule has 0 saturated heterocycles. The molecule has 0 bridgehead atoms. The van der Waals surface area contributed by atoms with Crippen molar-refractivity contribution < 1.29 is 32.9 Å². The van der Waals surface area contributed by atoms with Crippen LogP contribution in [-0.2, 0) is 18.4 Å².